The summed E-state index contributed by atoms with van der Waals surface area (Å²) in [5.74, 6) is 1.04. The van der Waals surface area contributed by atoms with Gasteiger partial charge < -0.3 is 9.84 Å². The van der Waals surface area contributed by atoms with Gasteiger partial charge >= 0.3 is 0 Å². The summed E-state index contributed by atoms with van der Waals surface area (Å²) in [4.78, 5) is 11.6. The number of epoxide rings is 1. The van der Waals surface area contributed by atoms with E-state index >= 15 is 0 Å². The number of aliphatic hydroxyl groups is 1. The van der Waals surface area contributed by atoms with Gasteiger partial charge in [-0.1, -0.05) is 0 Å². The quantitative estimate of drug-likeness (QED) is 0.627. The van der Waals surface area contributed by atoms with Crippen LogP contribution in [0.4, 0.5) is 0 Å². The summed E-state index contributed by atoms with van der Waals surface area (Å²) in [6.07, 6.45) is 2.22. The molecule has 1 saturated heterocycles. The topological polar surface area (TPSA) is 49.8 Å². The molecule has 0 spiro atoms. The third kappa shape index (κ3) is 0.754. The van der Waals surface area contributed by atoms with Crippen LogP contribution >= 0.6 is 0 Å². The van der Waals surface area contributed by atoms with Crippen LogP contribution in [0.2, 0.25) is 0 Å². The fourth-order valence-electron chi connectivity index (χ4n) is 3.31. The second-order valence-electron chi connectivity index (χ2n) is 4.60. The number of ketones is 1. The van der Waals surface area contributed by atoms with Crippen molar-refractivity contribution in [3.63, 3.8) is 0 Å². The molecule has 0 aromatic rings. The molecule has 0 aromatic carbocycles. The van der Waals surface area contributed by atoms with Crippen molar-refractivity contribution >= 4 is 5.78 Å². The summed E-state index contributed by atoms with van der Waals surface area (Å²) < 4.78 is 5.39. The second kappa shape index (κ2) is 2.15. The molecule has 0 aromatic heterocycles. The molecular weight excluding hydrogens is 168 g/mol. The van der Waals surface area contributed by atoms with Gasteiger partial charge in [0.25, 0.3) is 0 Å². The van der Waals surface area contributed by atoms with Gasteiger partial charge in [-0.15, -0.1) is 0 Å². The standard InChI is InChI=1S/C10H14O3/c1-5-9(13-5)8-6-2-3-7(12)10(6,8)4-11/h5-6,8-9,11H,2-4H2,1H3. The number of ether oxygens (including phenoxy) is 1. The Kier molecular flexibility index (Phi) is 1.31. The van der Waals surface area contributed by atoms with Gasteiger partial charge in [-0.2, -0.15) is 0 Å². The minimum absolute atomic E-state index is 0.0355. The maximum Gasteiger partial charge on any atom is 0.142 e. The molecule has 2 aliphatic carbocycles. The van der Waals surface area contributed by atoms with Crippen LogP contribution in [0.1, 0.15) is 19.8 Å². The first-order chi connectivity index (χ1) is 6.21. The predicted octanol–water partition coefficient (Wildman–Crippen LogP) is 0.361. The smallest absolute Gasteiger partial charge is 0.142 e. The first-order valence-corrected chi connectivity index (χ1v) is 5.01. The van der Waals surface area contributed by atoms with Crippen molar-refractivity contribution in [1.29, 1.82) is 0 Å². The third-order valence-electron chi connectivity index (χ3n) is 4.16. The maximum atomic E-state index is 11.6. The fourth-order valence-corrected chi connectivity index (χ4v) is 3.31. The van der Waals surface area contributed by atoms with E-state index in [0.29, 0.717) is 24.4 Å². The van der Waals surface area contributed by atoms with Crippen molar-refractivity contribution in [3.8, 4) is 0 Å². The van der Waals surface area contributed by atoms with E-state index in [4.69, 9.17) is 4.74 Å². The Labute approximate surface area is 77.1 Å². The van der Waals surface area contributed by atoms with Crippen molar-refractivity contribution in [2.45, 2.75) is 32.0 Å². The zero-order valence-corrected chi connectivity index (χ0v) is 7.69. The summed E-state index contributed by atoms with van der Waals surface area (Å²) in [7, 11) is 0. The van der Waals surface area contributed by atoms with Crippen LogP contribution in [0.15, 0.2) is 0 Å². The summed E-state index contributed by atoms with van der Waals surface area (Å²) in [6.45, 7) is 2.07. The Hall–Kier alpha value is -0.410. The number of carbonyl (C=O) groups excluding carboxylic acids is 1. The number of rotatable bonds is 2. The van der Waals surface area contributed by atoms with Crippen LogP contribution in [0, 0.1) is 17.3 Å². The van der Waals surface area contributed by atoms with Crippen LogP contribution in [0.25, 0.3) is 0 Å². The first-order valence-electron chi connectivity index (χ1n) is 5.01. The van der Waals surface area contributed by atoms with E-state index in [0.717, 1.165) is 6.42 Å². The van der Waals surface area contributed by atoms with Gasteiger partial charge in [0.2, 0.25) is 0 Å². The molecule has 72 valence electrons. The molecule has 5 unspecified atom stereocenters. The van der Waals surface area contributed by atoms with E-state index in [-0.39, 0.29) is 23.9 Å². The lowest BCUT2D eigenvalue weighted by Crippen LogP contribution is -2.22. The van der Waals surface area contributed by atoms with Gasteiger partial charge in [-0.05, 0) is 19.3 Å². The Bertz CT molecular complexity index is 275. The predicted molar refractivity (Wildman–Crippen MR) is 45.1 cm³/mol. The van der Waals surface area contributed by atoms with E-state index in [1.165, 1.54) is 0 Å². The van der Waals surface area contributed by atoms with E-state index in [1.54, 1.807) is 0 Å². The van der Waals surface area contributed by atoms with Gasteiger partial charge in [0, 0.05) is 12.3 Å². The van der Waals surface area contributed by atoms with Crippen molar-refractivity contribution in [3.05, 3.63) is 0 Å². The number of Topliss-reactive ketones (excluding diaryl/α,β-unsaturated/α-hetero) is 1. The Balaban J connectivity index is 1.84. The summed E-state index contributed by atoms with van der Waals surface area (Å²) in [6, 6.07) is 0. The van der Waals surface area contributed by atoms with Crippen molar-refractivity contribution < 1.29 is 14.6 Å². The van der Waals surface area contributed by atoms with Crippen LogP contribution in [0.5, 0.6) is 0 Å². The average molecular weight is 182 g/mol. The molecule has 0 radical (unpaired) electrons. The largest absolute Gasteiger partial charge is 0.395 e. The van der Waals surface area contributed by atoms with Crippen molar-refractivity contribution in [2.75, 3.05) is 6.61 Å². The summed E-state index contributed by atoms with van der Waals surface area (Å²) in [5, 5.41) is 9.29. The van der Waals surface area contributed by atoms with E-state index in [2.05, 4.69) is 0 Å². The lowest BCUT2D eigenvalue weighted by atomic mass is 9.97. The Morgan fingerprint density at radius 3 is 2.85 bits per heavy atom. The van der Waals surface area contributed by atoms with E-state index < -0.39 is 0 Å². The maximum absolute atomic E-state index is 11.6. The first kappa shape index (κ1) is 7.94. The Morgan fingerprint density at radius 1 is 1.69 bits per heavy atom. The van der Waals surface area contributed by atoms with Crippen LogP contribution in [-0.4, -0.2) is 29.7 Å². The molecule has 0 amide bonds. The molecule has 2 saturated carbocycles. The molecule has 13 heavy (non-hydrogen) atoms. The minimum Gasteiger partial charge on any atom is -0.395 e. The van der Waals surface area contributed by atoms with Gasteiger partial charge in [-0.3, -0.25) is 4.79 Å². The lowest BCUT2D eigenvalue weighted by Gasteiger charge is -2.08. The molecule has 1 heterocycles. The molecule has 3 heteroatoms. The highest BCUT2D eigenvalue weighted by Crippen LogP contribution is 2.70. The highest BCUT2D eigenvalue weighted by molar-refractivity contribution is 5.92. The van der Waals surface area contributed by atoms with E-state index in [1.807, 2.05) is 6.92 Å². The van der Waals surface area contributed by atoms with Crippen molar-refractivity contribution in [1.82, 2.24) is 0 Å². The number of carbonyl (C=O) groups is 1. The van der Waals surface area contributed by atoms with Crippen molar-refractivity contribution in [2.24, 2.45) is 17.3 Å². The van der Waals surface area contributed by atoms with Gasteiger partial charge in [0.15, 0.2) is 0 Å². The molecule has 1 N–H and O–H groups in total. The highest BCUT2D eigenvalue weighted by atomic mass is 16.6. The molecular formula is C10H14O3. The zero-order chi connectivity index (χ0) is 9.22. The second-order valence-corrected chi connectivity index (χ2v) is 4.60. The summed E-state index contributed by atoms with van der Waals surface area (Å²) in [5.41, 5.74) is -0.366. The fraction of sp³-hybridized carbons (Fsp3) is 0.900. The molecule has 0 bridgehead atoms. The highest BCUT2D eigenvalue weighted by Gasteiger charge is 2.76. The van der Waals surface area contributed by atoms with Gasteiger partial charge in [0.05, 0.1) is 24.2 Å². The number of hydrogen-bond donors (Lipinski definition) is 1. The van der Waals surface area contributed by atoms with Gasteiger partial charge in [-0.25, -0.2) is 0 Å². The zero-order valence-electron chi connectivity index (χ0n) is 7.69. The molecule has 5 atom stereocenters. The Morgan fingerprint density at radius 2 is 2.38 bits per heavy atom. The number of fused-ring (bicyclic) bond motifs is 1. The normalized spacial score (nSPS) is 57.8. The minimum atomic E-state index is -0.366. The molecule has 3 fully saturated rings. The van der Waals surface area contributed by atoms with Gasteiger partial charge in [0.1, 0.15) is 5.78 Å². The molecule has 3 aliphatic rings. The van der Waals surface area contributed by atoms with E-state index in [9.17, 15) is 9.90 Å². The number of aliphatic hydroxyl groups excluding tert-OH is 1. The van der Waals surface area contributed by atoms with Crippen LogP contribution in [0.3, 0.4) is 0 Å². The molecule has 3 rings (SSSR count). The summed E-state index contributed by atoms with van der Waals surface area (Å²) >= 11 is 0. The number of hydrogen-bond acceptors (Lipinski definition) is 3. The third-order valence-corrected chi connectivity index (χ3v) is 4.16. The lowest BCUT2D eigenvalue weighted by molar-refractivity contribution is -0.124. The monoisotopic (exact) mass is 182 g/mol. The molecule has 1 aliphatic heterocycles. The van der Waals surface area contributed by atoms with Crippen LogP contribution in [-0.2, 0) is 9.53 Å². The SMILES string of the molecule is CC1OC1C1C2CCC(=O)C21CO. The molecule has 3 nitrogen and oxygen atoms in total. The van der Waals surface area contributed by atoms with Crippen LogP contribution < -0.4 is 0 Å². The average Bonchev–Trinajstić information content (AvgIpc) is 2.94.